The van der Waals surface area contributed by atoms with Gasteiger partial charge in [0, 0.05) is 24.9 Å². The van der Waals surface area contributed by atoms with Crippen LogP contribution in [-0.4, -0.2) is 27.6 Å². The first-order valence-corrected chi connectivity index (χ1v) is 7.92. The van der Waals surface area contributed by atoms with Gasteiger partial charge in [0.2, 0.25) is 5.91 Å². The molecule has 0 saturated heterocycles. The van der Waals surface area contributed by atoms with E-state index in [9.17, 15) is 14.0 Å². The molecule has 0 saturated carbocycles. The third-order valence-electron chi connectivity index (χ3n) is 3.25. The van der Waals surface area contributed by atoms with Crippen LogP contribution in [0.2, 0.25) is 5.02 Å². The van der Waals surface area contributed by atoms with Gasteiger partial charge in [-0.3, -0.25) is 9.59 Å². The molecule has 8 heteroatoms. The molecule has 0 aliphatic carbocycles. The van der Waals surface area contributed by atoms with E-state index >= 15 is 0 Å². The van der Waals surface area contributed by atoms with Gasteiger partial charge in [-0.15, -0.1) is 10.2 Å². The second-order valence-electron chi connectivity index (χ2n) is 5.78. The Bertz CT molecular complexity index is 792. The summed E-state index contributed by atoms with van der Waals surface area (Å²) in [6.45, 7) is 4.58. The topological polar surface area (TPSA) is 87.7 Å². The molecule has 0 bridgehead atoms. The van der Waals surface area contributed by atoms with Crippen LogP contribution in [0.3, 0.4) is 0 Å². The molecule has 0 atom stereocenters. The monoisotopic (exact) mass is 352 g/mol. The van der Waals surface area contributed by atoms with Crippen molar-refractivity contribution in [3.8, 4) is 11.4 Å². The minimum Gasteiger partial charge on any atom is -0.356 e. The number of H-pyrrole nitrogens is 1. The zero-order chi connectivity index (χ0) is 17.7. The quantitative estimate of drug-likeness (QED) is 0.835. The van der Waals surface area contributed by atoms with E-state index in [2.05, 4.69) is 20.5 Å². The first kappa shape index (κ1) is 18.1. The average molecular weight is 353 g/mol. The summed E-state index contributed by atoms with van der Waals surface area (Å²) in [5, 5.41) is 10.5. The van der Waals surface area contributed by atoms with Gasteiger partial charge in [0.15, 0.2) is 5.82 Å². The number of aromatic nitrogens is 3. The summed E-state index contributed by atoms with van der Waals surface area (Å²) < 4.78 is 13.2. The summed E-state index contributed by atoms with van der Waals surface area (Å²) in [6, 6.07) is 3.99. The lowest BCUT2D eigenvalue weighted by molar-refractivity contribution is -0.121. The van der Waals surface area contributed by atoms with Crippen LogP contribution < -0.4 is 10.9 Å². The Morgan fingerprint density at radius 1 is 1.38 bits per heavy atom. The van der Waals surface area contributed by atoms with Crippen LogP contribution >= 0.6 is 11.6 Å². The zero-order valence-corrected chi connectivity index (χ0v) is 14.2. The molecule has 1 aromatic carbocycles. The van der Waals surface area contributed by atoms with E-state index in [1.54, 1.807) is 0 Å². The fraction of sp³-hybridized carbons (Fsp3) is 0.375. The van der Waals surface area contributed by atoms with E-state index < -0.39 is 11.4 Å². The molecule has 6 nitrogen and oxygen atoms in total. The molecule has 0 aliphatic heterocycles. The largest absolute Gasteiger partial charge is 0.356 e. The van der Waals surface area contributed by atoms with E-state index in [1.165, 1.54) is 18.2 Å². The van der Waals surface area contributed by atoms with Crippen molar-refractivity contribution in [3.63, 3.8) is 0 Å². The van der Waals surface area contributed by atoms with Crippen molar-refractivity contribution in [1.29, 1.82) is 0 Å². The van der Waals surface area contributed by atoms with Gasteiger partial charge >= 0.3 is 0 Å². The Morgan fingerprint density at radius 2 is 2.12 bits per heavy atom. The first-order valence-electron chi connectivity index (χ1n) is 7.55. The molecular weight excluding hydrogens is 335 g/mol. The minimum atomic E-state index is -0.556. The number of hydrogen-bond donors (Lipinski definition) is 2. The highest BCUT2D eigenvalue weighted by Gasteiger charge is 2.11. The standard InChI is InChI=1S/C16H18ClFN4O2/c1-9(2)8-19-14(23)6-5-13-16(24)20-15(22-21-13)10-3-4-12(18)11(17)7-10/h3-4,7,9H,5-6,8H2,1-2H3,(H,19,23)(H,20,22,24). The van der Waals surface area contributed by atoms with Crippen LogP contribution in [0.5, 0.6) is 0 Å². The fourth-order valence-corrected chi connectivity index (χ4v) is 2.12. The predicted molar refractivity (Wildman–Crippen MR) is 89.2 cm³/mol. The highest BCUT2D eigenvalue weighted by Crippen LogP contribution is 2.21. The van der Waals surface area contributed by atoms with Gasteiger partial charge in [-0.1, -0.05) is 25.4 Å². The van der Waals surface area contributed by atoms with Crippen LogP contribution in [0.1, 0.15) is 26.0 Å². The molecule has 0 radical (unpaired) electrons. The maximum atomic E-state index is 13.2. The lowest BCUT2D eigenvalue weighted by Gasteiger charge is -2.07. The van der Waals surface area contributed by atoms with Gasteiger partial charge in [0.25, 0.3) is 5.56 Å². The van der Waals surface area contributed by atoms with Crippen LogP contribution in [0.15, 0.2) is 23.0 Å². The molecule has 1 amide bonds. The van der Waals surface area contributed by atoms with Crippen LogP contribution in [0, 0.1) is 11.7 Å². The van der Waals surface area contributed by atoms with Gasteiger partial charge in [-0.25, -0.2) is 4.39 Å². The lowest BCUT2D eigenvalue weighted by Crippen LogP contribution is -2.28. The van der Waals surface area contributed by atoms with Crippen molar-refractivity contribution in [1.82, 2.24) is 20.5 Å². The molecule has 1 aromatic heterocycles. The number of nitrogens with one attached hydrogen (secondary N) is 2. The molecule has 0 unspecified atom stereocenters. The molecule has 2 rings (SSSR count). The number of carbonyl (C=O) groups excluding carboxylic acids is 1. The molecule has 0 spiro atoms. The van der Waals surface area contributed by atoms with Crippen LogP contribution in [0.4, 0.5) is 4.39 Å². The van der Waals surface area contributed by atoms with E-state index in [0.29, 0.717) is 18.0 Å². The SMILES string of the molecule is CC(C)CNC(=O)CCc1nnc(-c2ccc(F)c(Cl)c2)[nH]c1=O. The number of halogens is 2. The number of benzene rings is 1. The Morgan fingerprint density at radius 3 is 2.75 bits per heavy atom. The summed E-state index contributed by atoms with van der Waals surface area (Å²) in [5.41, 5.74) is 0.191. The fourth-order valence-electron chi connectivity index (χ4n) is 1.94. The Kier molecular flexibility index (Phi) is 6.03. The Balaban J connectivity index is 2.05. The van der Waals surface area contributed by atoms with E-state index in [4.69, 9.17) is 11.6 Å². The second-order valence-corrected chi connectivity index (χ2v) is 6.18. The van der Waals surface area contributed by atoms with Gasteiger partial charge < -0.3 is 10.3 Å². The van der Waals surface area contributed by atoms with Crippen molar-refractivity contribution in [2.24, 2.45) is 5.92 Å². The number of nitrogens with zero attached hydrogens (tertiary/aromatic N) is 2. The first-order chi connectivity index (χ1) is 11.4. The summed E-state index contributed by atoms with van der Waals surface area (Å²) in [5.74, 6) is -0.145. The van der Waals surface area contributed by atoms with Gasteiger partial charge in [-0.05, 0) is 24.1 Å². The number of amides is 1. The molecule has 0 fully saturated rings. The van der Waals surface area contributed by atoms with E-state index in [0.717, 1.165) is 0 Å². The van der Waals surface area contributed by atoms with Gasteiger partial charge in [-0.2, -0.15) is 0 Å². The summed E-state index contributed by atoms with van der Waals surface area (Å²) >= 11 is 5.71. The van der Waals surface area contributed by atoms with Crippen molar-refractivity contribution in [2.45, 2.75) is 26.7 Å². The van der Waals surface area contributed by atoms with Crippen molar-refractivity contribution in [3.05, 3.63) is 45.1 Å². The van der Waals surface area contributed by atoms with Crippen LogP contribution in [-0.2, 0) is 11.2 Å². The average Bonchev–Trinajstić information content (AvgIpc) is 2.54. The summed E-state index contributed by atoms with van der Waals surface area (Å²) in [6.07, 6.45) is 0.350. The van der Waals surface area contributed by atoms with Gasteiger partial charge in [0.1, 0.15) is 11.5 Å². The molecule has 128 valence electrons. The maximum Gasteiger partial charge on any atom is 0.273 e. The number of aromatic amines is 1. The van der Waals surface area contributed by atoms with E-state index in [1.807, 2.05) is 13.8 Å². The zero-order valence-electron chi connectivity index (χ0n) is 13.4. The number of carbonyl (C=O) groups is 1. The summed E-state index contributed by atoms with van der Waals surface area (Å²) in [4.78, 5) is 26.3. The van der Waals surface area contributed by atoms with Crippen LogP contribution in [0.25, 0.3) is 11.4 Å². The molecular formula is C16H18ClFN4O2. The smallest absolute Gasteiger partial charge is 0.273 e. The second kappa shape index (κ2) is 8.01. The third kappa shape index (κ3) is 4.86. The molecule has 2 aromatic rings. The normalized spacial score (nSPS) is 10.9. The Labute approximate surface area is 143 Å². The number of rotatable bonds is 6. The van der Waals surface area contributed by atoms with Crippen molar-refractivity contribution in [2.75, 3.05) is 6.54 Å². The molecule has 2 N–H and O–H groups in total. The predicted octanol–water partition coefficient (Wildman–Crippen LogP) is 2.33. The third-order valence-corrected chi connectivity index (χ3v) is 3.54. The molecule has 24 heavy (non-hydrogen) atoms. The van der Waals surface area contributed by atoms with E-state index in [-0.39, 0.29) is 35.3 Å². The number of aryl methyl sites for hydroxylation is 1. The molecule has 0 aliphatic rings. The lowest BCUT2D eigenvalue weighted by atomic mass is 10.2. The van der Waals surface area contributed by atoms with Gasteiger partial charge in [0.05, 0.1) is 5.02 Å². The van der Waals surface area contributed by atoms with Crippen molar-refractivity contribution < 1.29 is 9.18 Å². The summed E-state index contributed by atoms with van der Waals surface area (Å²) in [7, 11) is 0. The Hall–Kier alpha value is -2.28. The number of hydrogen-bond acceptors (Lipinski definition) is 4. The van der Waals surface area contributed by atoms with Crippen molar-refractivity contribution >= 4 is 17.5 Å². The maximum absolute atomic E-state index is 13.2. The minimum absolute atomic E-state index is 0.0685. The highest BCUT2D eigenvalue weighted by atomic mass is 35.5. The highest BCUT2D eigenvalue weighted by molar-refractivity contribution is 6.31. The molecule has 1 heterocycles.